The van der Waals surface area contributed by atoms with E-state index >= 15 is 0 Å². The molecule has 0 spiro atoms. The Morgan fingerprint density at radius 1 is 1.29 bits per heavy atom. The number of hydrogen-bond donors (Lipinski definition) is 2. The lowest BCUT2D eigenvalue weighted by Crippen LogP contribution is -2.12. The molecule has 0 aliphatic heterocycles. The molecule has 1 aliphatic carbocycles. The molecule has 0 fully saturated rings. The summed E-state index contributed by atoms with van der Waals surface area (Å²) >= 11 is 0. The van der Waals surface area contributed by atoms with E-state index < -0.39 is 6.09 Å². The third-order valence-electron chi connectivity index (χ3n) is 2.64. The van der Waals surface area contributed by atoms with Crippen LogP contribution in [-0.2, 0) is 12.8 Å². The number of nitrogens with one attached hydrogen (secondary N) is 1. The molecule has 0 heterocycles. The highest BCUT2D eigenvalue weighted by Crippen LogP contribution is 2.27. The molecule has 0 saturated heterocycles. The van der Waals surface area contributed by atoms with E-state index in [0.29, 0.717) is 0 Å². The highest BCUT2D eigenvalue weighted by molar-refractivity contribution is 5.84. The average Bonchev–Trinajstić information content (AvgIpc) is 2.18. The molecule has 0 atom stereocenters. The van der Waals surface area contributed by atoms with Gasteiger partial charge in [0.15, 0.2) is 0 Å². The summed E-state index contributed by atoms with van der Waals surface area (Å²) in [6, 6.07) is 5.83. The summed E-state index contributed by atoms with van der Waals surface area (Å²) in [5.41, 5.74) is 3.23. The number of anilines is 1. The summed E-state index contributed by atoms with van der Waals surface area (Å²) in [6.07, 6.45) is 3.45. The molecule has 0 bridgehead atoms. The van der Waals surface area contributed by atoms with Crippen molar-refractivity contribution in [3.8, 4) is 0 Å². The van der Waals surface area contributed by atoms with Gasteiger partial charge in [-0.2, -0.15) is 0 Å². The first-order valence-corrected chi connectivity index (χ1v) is 4.88. The lowest BCUT2D eigenvalue weighted by atomic mass is 9.90. The largest absolute Gasteiger partial charge is 0.465 e. The summed E-state index contributed by atoms with van der Waals surface area (Å²) in [4.78, 5) is 10.5. The highest BCUT2D eigenvalue weighted by Gasteiger charge is 2.13. The highest BCUT2D eigenvalue weighted by atomic mass is 16.4. The molecule has 3 nitrogen and oxygen atoms in total. The second-order valence-corrected chi connectivity index (χ2v) is 3.58. The van der Waals surface area contributed by atoms with Gasteiger partial charge in [0, 0.05) is 5.69 Å². The van der Waals surface area contributed by atoms with Gasteiger partial charge in [0.25, 0.3) is 0 Å². The van der Waals surface area contributed by atoms with E-state index in [0.717, 1.165) is 24.9 Å². The predicted molar refractivity (Wildman–Crippen MR) is 54.7 cm³/mol. The third-order valence-corrected chi connectivity index (χ3v) is 2.64. The summed E-state index contributed by atoms with van der Waals surface area (Å²) in [7, 11) is 0. The number of hydrogen-bond acceptors (Lipinski definition) is 1. The van der Waals surface area contributed by atoms with Crippen LogP contribution < -0.4 is 5.32 Å². The van der Waals surface area contributed by atoms with Crippen LogP contribution in [0.4, 0.5) is 10.5 Å². The molecule has 1 aromatic rings. The van der Waals surface area contributed by atoms with Gasteiger partial charge >= 0.3 is 6.09 Å². The molecular formula is C11H13NO2. The Morgan fingerprint density at radius 3 is 2.86 bits per heavy atom. The van der Waals surface area contributed by atoms with Gasteiger partial charge in [-0.3, -0.25) is 5.32 Å². The minimum atomic E-state index is -0.982. The van der Waals surface area contributed by atoms with Gasteiger partial charge in [-0.25, -0.2) is 4.79 Å². The van der Waals surface area contributed by atoms with E-state index in [1.54, 1.807) is 0 Å². The minimum absolute atomic E-state index is 0.759. The number of rotatable bonds is 1. The van der Waals surface area contributed by atoms with Crippen LogP contribution in [0.5, 0.6) is 0 Å². The molecule has 0 saturated carbocycles. The fourth-order valence-electron chi connectivity index (χ4n) is 2.01. The maximum Gasteiger partial charge on any atom is 0.409 e. The van der Waals surface area contributed by atoms with Gasteiger partial charge in [-0.15, -0.1) is 0 Å². The van der Waals surface area contributed by atoms with Crippen LogP contribution in [-0.4, -0.2) is 11.2 Å². The van der Waals surface area contributed by atoms with Crippen LogP contribution in [0.15, 0.2) is 18.2 Å². The van der Waals surface area contributed by atoms with Crippen molar-refractivity contribution in [1.82, 2.24) is 0 Å². The Bertz CT molecular complexity index is 360. The molecule has 1 aromatic carbocycles. The van der Waals surface area contributed by atoms with E-state index in [1.807, 2.05) is 12.1 Å². The average molecular weight is 191 g/mol. The maximum atomic E-state index is 10.5. The molecule has 2 rings (SSSR count). The van der Waals surface area contributed by atoms with Crippen molar-refractivity contribution in [2.75, 3.05) is 5.32 Å². The first-order chi connectivity index (χ1) is 6.77. The van der Waals surface area contributed by atoms with Crippen LogP contribution in [0.1, 0.15) is 24.0 Å². The Labute approximate surface area is 82.8 Å². The van der Waals surface area contributed by atoms with Crippen LogP contribution in [0.25, 0.3) is 0 Å². The van der Waals surface area contributed by atoms with Crippen LogP contribution in [0.2, 0.25) is 0 Å². The summed E-state index contributed by atoms with van der Waals surface area (Å²) in [5.74, 6) is 0. The van der Waals surface area contributed by atoms with Crippen molar-refractivity contribution in [3.05, 3.63) is 29.3 Å². The zero-order chi connectivity index (χ0) is 9.97. The molecule has 1 aliphatic rings. The van der Waals surface area contributed by atoms with Crippen molar-refractivity contribution in [3.63, 3.8) is 0 Å². The molecule has 3 heteroatoms. The molecule has 2 N–H and O–H groups in total. The maximum absolute atomic E-state index is 10.5. The second-order valence-electron chi connectivity index (χ2n) is 3.58. The number of aryl methyl sites for hydroxylation is 1. The zero-order valence-electron chi connectivity index (χ0n) is 7.92. The van der Waals surface area contributed by atoms with E-state index in [2.05, 4.69) is 11.4 Å². The summed E-state index contributed by atoms with van der Waals surface area (Å²) < 4.78 is 0. The fourth-order valence-corrected chi connectivity index (χ4v) is 2.01. The molecule has 1 amide bonds. The van der Waals surface area contributed by atoms with Crippen molar-refractivity contribution in [1.29, 1.82) is 0 Å². The first kappa shape index (κ1) is 9.06. The summed E-state index contributed by atoms with van der Waals surface area (Å²) in [6.45, 7) is 0. The first-order valence-electron chi connectivity index (χ1n) is 4.88. The molecule has 14 heavy (non-hydrogen) atoms. The Hall–Kier alpha value is -1.51. The molecule has 0 aromatic heterocycles. The molecule has 0 radical (unpaired) electrons. The van der Waals surface area contributed by atoms with Gasteiger partial charge in [0.05, 0.1) is 0 Å². The van der Waals surface area contributed by atoms with Crippen molar-refractivity contribution >= 4 is 11.8 Å². The molecule has 74 valence electrons. The van der Waals surface area contributed by atoms with Crippen molar-refractivity contribution < 1.29 is 9.90 Å². The normalized spacial score (nSPS) is 14.6. The third kappa shape index (κ3) is 1.71. The number of benzene rings is 1. The van der Waals surface area contributed by atoms with Gasteiger partial charge in [-0.1, -0.05) is 12.1 Å². The second kappa shape index (κ2) is 3.70. The SMILES string of the molecule is O=C(O)Nc1cccc2c1CCCC2. The van der Waals surface area contributed by atoms with Gasteiger partial charge in [0.1, 0.15) is 0 Å². The smallest absolute Gasteiger partial charge is 0.409 e. The Morgan fingerprint density at radius 2 is 2.07 bits per heavy atom. The Kier molecular flexibility index (Phi) is 2.39. The molecular weight excluding hydrogens is 178 g/mol. The van der Waals surface area contributed by atoms with Crippen LogP contribution >= 0.6 is 0 Å². The van der Waals surface area contributed by atoms with E-state index in [9.17, 15) is 4.79 Å². The number of carboxylic acid groups (broad SMARTS) is 1. The lowest BCUT2D eigenvalue weighted by molar-refractivity contribution is 0.209. The zero-order valence-corrected chi connectivity index (χ0v) is 7.92. The number of fused-ring (bicyclic) bond motifs is 1. The minimum Gasteiger partial charge on any atom is -0.465 e. The molecule has 0 unspecified atom stereocenters. The lowest BCUT2D eigenvalue weighted by Gasteiger charge is -2.18. The number of carbonyl (C=O) groups is 1. The van der Waals surface area contributed by atoms with Crippen molar-refractivity contribution in [2.45, 2.75) is 25.7 Å². The van der Waals surface area contributed by atoms with Gasteiger partial charge in [0.2, 0.25) is 0 Å². The fraction of sp³-hybridized carbons (Fsp3) is 0.364. The quantitative estimate of drug-likeness (QED) is 0.716. The van der Waals surface area contributed by atoms with Crippen molar-refractivity contribution in [2.24, 2.45) is 0 Å². The van der Waals surface area contributed by atoms with E-state index in [-0.39, 0.29) is 0 Å². The van der Waals surface area contributed by atoms with Gasteiger partial charge in [-0.05, 0) is 42.9 Å². The van der Waals surface area contributed by atoms with Crippen LogP contribution in [0, 0.1) is 0 Å². The van der Waals surface area contributed by atoms with Gasteiger partial charge < -0.3 is 5.11 Å². The topological polar surface area (TPSA) is 49.3 Å². The predicted octanol–water partition coefficient (Wildman–Crippen LogP) is 2.66. The van der Waals surface area contributed by atoms with E-state index in [4.69, 9.17) is 5.11 Å². The monoisotopic (exact) mass is 191 g/mol. The Balaban J connectivity index is 2.35. The summed E-state index contributed by atoms with van der Waals surface area (Å²) in [5, 5.41) is 11.1. The van der Waals surface area contributed by atoms with Crippen LogP contribution in [0.3, 0.4) is 0 Å². The standard InChI is InChI=1S/C11H13NO2/c13-11(14)12-10-7-3-5-8-4-1-2-6-9(8)10/h3,5,7,12H,1-2,4,6H2,(H,13,14). The number of amides is 1. The van der Waals surface area contributed by atoms with E-state index in [1.165, 1.54) is 17.5 Å².